The van der Waals surface area contributed by atoms with Gasteiger partial charge in [0.25, 0.3) is 0 Å². The van der Waals surface area contributed by atoms with Crippen LogP contribution in [0.3, 0.4) is 0 Å². The predicted molar refractivity (Wildman–Crippen MR) is 229 cm³/mol. The predicted octanol–water partition coefficient (Wildman–Crippen LogP) is 10.1. The van der Waals surface area contributed by atoms with E-state index in [4.69, 9.17) is 9.47 Å². The second kappa shape index (κ2) is 19.3. The van der Waals surface area contributed by atoms with Crippen LogP contribution >= 0.6 is 0 Å². The van der Waals surface area contributed by atoms with Gasteiger partial charge in [0, 0.05) is 23.6 Å². The van der Waals surface area contributed by atoms with Gasteiger partial charge in [-0.3, -0.25) is 0 Å². The van der Waals surface area contributed by atoms with Crippen LogP contribution in [0.25, 0.3) is 11.4 Å². The van der Waals surface area contributed by atoms with Crippen molar-refractivity contribution in [3.8, 4) is 34.4 Å². The third kappa shape index (κ3) is 10.9. The summed E-state index contributed by atoms with van der Waals surface area (Å²) in [5.74, 6) is 2.94. The first-order valence-electron chi connectivity index (χ1n) is 20.0. The molecule has 59 heavy (non-hydrogen) atoms. The molecule has 2 aliphatic rings. The first-order chi connectivity index (χ1) is 28.0. The van der Waals surface area contributed by atoms with Crippen LogP contribution in [0.5, 0.6) is 23.0 Å². The molecule has 0 unspecified atom stereocenters. The third-order valence-corrected chi connectivity index (χ3v) is 9.76. The number of benzene rings is 4. The number of aromatic nitrogens is 4. The molecule has 4 aromatic carbocycles. The Bertz CT molecular complexity index is 2180. The molecule has 11 heteroatoms. The van der Waals surface area contributed by atoms with Gasteiger partial charge in [-0.25, -0.2) is 18.3 Å². The molecule has 0 amide bonds. The average molecular weight is 970 g/mol. The molecular weight excluding hydrogens is 916 g/mol. The van der Waals surface area contributed by atoms with Gasteiger partial charge in [0.1, 0.15) is 47.7 Å². The van der Waals surface area contributed by atoms with Gasteiger partial charge in [-0.15, -0.1) is 47.8 Å². The standard InChI is InChI=1S/C24H28N4O.C24H26N4O.Pt/c2*1-19(2)25-11-13-27(17-25)21-7-5-9-23(15-21)29-24-10-6-8-22(16-24)28-14-12-26(18-28)20(3)4;/h5-20H,1-4H3;5-14,17-20H,1-4H3;/q+2;-4;+4. The van der Waals surface area contributed by atoms with E-state index in [0.717, 1.165) is 34.2 Å². The van der Waals surface area contributed by atoms with Gasteiger partial charge < -0.3 is 29.1 Å². The molecule has 4 heterocycles. The third-order valence-electron chi connectivity index (χ3n) is 9.76. The molecule has 0 spiro atoms. The zero-order valence-corrected chi connectivity index (χ0v) is 37.3. The Hall–Kier alpha value is -5.73. The number of hydrogen-bond donors (Lipinski definition) is 0. The Balaban J connectivity index is 0.000000195. The van der Waals surface area contributed by atoms with Gasteiger partial charge >= 0.3 is 21.1 Å². The smallest absolute Gasteiger partial charge is 0.509 e. The molecule has 0 atom stereocenters. The Morgan fingerprint density at radius 1 is 0.525 bits per heavy atom. The van der Waals surface area contributed by atoms with Crippen molar-refractivity contribution in [1.29, 1.82) is 0 Å². The molecule has 10 nitrogen and oxygen atoms in total. The van der Waals surface area contributed by atoms with Crippen molar-refractivity contribution in [3.05, 3.63) is 173 Å². The summed E-state index contributed by atoms with van der Waals surface area (Å²) in [5.41, 5.74) is 4.01. The maximum Gasteiger partial charge on any atom is 4.00 e. The summed E-state index contributed by atoms with van der Waals surface area (Å²) in [6.07, 6.45) is 20.7. The first-order valence-corrected chi connectivity index (χ1v) is 20.0. The van der Waals surface area contributed by atoms with Gasteiger partial charge in [0.15, 0.2) is 0 Å². The first kappa shape index (κ1) is 42.9. The normalized spacial score (nSPS) is 13.5. The van der Waals surface area contributed by atoms with Crippen molar-refractivity contribution in [1.82, 2.24) is 18.9 Å². The van der Waals surface area contributed by atoms with Crippen LogP contribution in [0.15, 0.2) is 147 Å². The van der Waals surface area contributed by atoms with Crippen molar-refractivity contribution < 1.29 is 39.7 Å². The van der Waals surface area contributed by atoms with E-state index in [1.807, 2.05) is 82.9 Å². The summed E-state index contributed by atoms with van der Waals surface area (Å²) < 4.78 is 20.8. The van der Waals surface area contributed by atoms with E-state index in [1.165, 1.54) is 0 Å². The van der Waals surface area contributed by atoms with Gasteiger partial charge in [0.05, 0.1) is 12.1 Å². The van der Waals surface area contributed by atoms with Crippen LogP contribution in [0.2, 0.25) is 0 Å². The molecule has 6 aromatic rings. The molecule has 0 N–H and O–H groups in total. The summed E-state index contributed by atoms with van der Waals surface area (Å²) >= 11 is 0. The van der Waals surface area contributed by atoms with Crippen LogP contribution < -0.4 is 28.4 Å². The fourth-order valence-electron chi connectivity index (χ4n) is 6.25. The minimum absolute atomic E-state index is 0. The quantitative estimate of drug-likeness (QED) is 0.0900. The van der Waals surface area contributed by atoms with Crippen molar-refractivity contribution in [2.75, 3.05) is 9.80 Å². The fraction of sp³-hybridized carbons (Fsp3) is 0.250. The van der Waals surface area contributed by atoms with E-state index in [1.54, 1.807) is 0 Å². The number of imidazole rings is 2. The van der Waals surface area contributed by atoms with Crippen molar-refractivity contribution in [3.63, 3.8) is 0 Å². The molecule has 0 saturated carbocycles. The zero-order valence-electron chi connectivity index (χ0n) is 35.0. The molecule has 2 aromatic heterocycles. The van der Waals surface area contributed by atoms with Gasteiger partial charge in [0.2, 0.25) is 12.7 Å². The van der Waals surface area contributed by atoms with E-state index in [9.17, 15) is 0 Å². The average Bonchev–Trinajstić information content (AvgIpc) is 4.06. The number of nitrogens with zero attached hydrogens (tertiary/aromatic N) is 8. The van der Waals surface area contributed by atoms with Crippen LogP contribution in [0, 0.1) is 25.5 Å². The van der Waals surface area contributed by atoms with E-state index in [2.05, 4.69) is 183 Å². The van der Waals surface area contributed by atoms with Crippen molar-refractivity contribution in [2.24, 2.45) is 0 Å². The van der Waals surface area contributed by atoms with Gasteiger partial charge in [-0.05, 0) is 117 Å². The summed E-state index contributed by atoms with van der Waals surface area (Å²) in [7, 11) is 0. The molecular formula is C48H54N8O2Pt+2. The van der Waals surface area contributed by atoms with E-state index < -0.39 is 0 Å². The molecule has 306 valence electrons. The molecule has 0 saturated heterocycles. The van der Waals surface area contributed by atoms with Crippen LogP contribution in [0.4, 0.5) is 11.4 Å². The maximum atomic E-state index is 6.17. The van der Waals surface area contributed by atoms with E-state index in [-0.39, 0.29) is 21.1 Å². The monoisotopic (exact) mass is 969 g/mol. The van der Waals surface area contributed by atoms with E-state index >= 15 is 0 Å². The summed E-state index contributed by atoms with van der Waals surface area (Å²) in [5, 5.41) is 0. The number of rotatable bonds is 12. The molecule has 0 aliphatic carbocycles. The number of ether oxygens (including phenoxy) is 2. The molecule has 2 aliphatic heterocycles. The zero-order chi connectivity index (χ0) is 40.8. The molecule has 0 bridgehead atoms. The number of anilines is 2. The second-order valence-corrected chi connectivity index (χ2v) is 15.4. The second-order valence-electron chi connectivity index (χ2n) is 15.4. The van der Waals surface area contributed by atoms with Crippen LogP contribution in [-0.2, 0) is 21.1 Å². The Morgan fingerprint density at radius 3 is 1.32 bits per heavy atom. The molecule has 0 radical (unpaired) electrons. The Morgan fingerprint density at radius 2 is 0.949 bits per heavy atom. The maximum absolute atomic E-state index is 6.17. The summed E-state index contributed by atoms with van der Waals surface area (Å²) in [6, 6.07) is 36.4. The molecule has 8 rings (SSSR count). The van der Waals surface area contributed by atoms with Crippen LogP contribution in [0.1, 0.15) is 67.5 Å². The minimum Gasteiger partial charge on any atom is -0.509 e. The van der Waals surface area contributed by atoms with Crippen molar-refractivity contribution >= 4 is 11.4 Å². The van der Waals surface area contributed by atoms with E-state index in [0.29, 0.717) is 35.7 Å². The number of hydrogen-bond acceptors (Lipinski definition) is 6. The minimum atomic E-state index is 0. The van der Waals surface area contributed by atoms with Crippen molar-refractivity contribution in [2.45, 2.75) is 79.6 Å². The van der Waals surface area contributed by atoms with Gasteiger partial charge in [-0.1, -0.05) is 12.1 Å². The van der Waals surface area contributed by atoms with Gasteiger partial charge in [-0.2, -0.15) is 25.5 Å². The SMILES string of the molecule is CC(C)N1C=CN(c2[c-]c(Oc3[c-]c(N4C=CN(C(C)C)[CH-]4)ccc3)ccc2)[CH-]1.CC(C)[n+]1ccn(-c2cccc(Oc3cccc(-n4cc[n+](C(C)C)c4)c3)c2)c1.[Pt+4]. The Kier molecular flexibility index (Phi) is 14.1. The topological polar surface area (TPSA) is 49.0 Å². The summed E-state index contributed by atoms with van der Waals surface area (Å²) in [4.78, 5) is 8.38. The fourth-order valence-corrected chi connectivity index (χ4v) is 6.25. The largest absolute Gasteiger partial charge is 4.00 e. The Labute approximate surface area is 364 Å². The molecule has 0 fully saturated rings. The summed E-state index contributed by atoms with van der Waals surface area (Å²) in [6.45, 7) is 21.4. The van der Waals surface area contributed by atoms with Crippen LogP contribution in [-0.4, -0.2) is 31.0 Å².